The summed E-state index contributed by atoms with van der Waals surface area (Å²) in [7, 11) is 0. The number of hydrogen-bond acceptors (Lipinski definition) is 1. The number of halogens is 3. The van der Waals surface area contributed by atoms with Crippen LogP contribution in [0.1, 0.15) is 26.3 Å². The molecule has 1 heterocycles. The third-order valence-corrected chi connectivity index (χ3v) is 3.39. The van der Waals surface area contributed by atoms with E-state index in [-0.39, 0.29) is 17.8 Å². The molecule has 1 aromatic carbocycles. The van der Waals surface area contributed by atoms with Crippen LogP contribution in [0.25, 0.3) is 11.8 Å². The SMILES string of the molecule is CC(C)(C)C(=Cn1ccnc1)c1cc(Cl)ccc1Cl.Cl. The van der Waals surface area contributed by atoms with Crippen molar-refractivity contribution < 1.29 is 0 Å². The van der Waals surface area contributed by atoms with Gasteiger partial charge in [-0.25, -0.2) is 4.98 Å². The molecule has 0 fully saturated rings. The van der Waals surface area contributed by atoms with Crippen molar-refractivity contribution in [3.05, 3.63) is 52.5 Å². The van der Waals surface area contributed by atoms with E-state index in [1.807, 2.05) is 29.1 Å². The van der Waals surface area contributed by atoms with Crippen molar-refractivity contribution in [2.24, 2.45) is 5.41 Å². The zero-order chi connectivity index (χ0) is 14.0. The lowest BCUT2D eigenvalue weighted by Gasteiger charge is -2.24. The first-order chi connectivity index (χ1) is 8.88. The van der Waals surface area contributed by atoms with Gasteiger partial charge in [0.15, 0.2) is 0 Å². The third kappa shape index (κ3) is 4.02. The Labute approximate surface area is 135 Å². The smallest absolute Gasteiger partial charge is 0.0986 e. The fourth-order valence-corrected chi connectivity index (χ4v) is 2.26. The van der Waals surface area contributed by atoms with Crippen LogP contribution in [0.2, 0.25) is 10.0 Å². The van der Waals surface area contributed by atoms with Crippen molar-refractivity contribution in [3.8, 4) is 0 Å². The van der Waals surface area contributed by atoms with E-state index in [4.69, 9.17) is 23.2 Å². The van der Waals surface area contributed by atoms with Crippen LogP contribution in [0, 0.1) is 5.41 Å². The summed E-state index contributed by atoms with van der Waals surface area (Å²) in [6.45, 7) is 6.44. The van der Waals surface area contributed by atoms with E-state index < -0.39 is 0 Å². The fraction of sp³-hybridized carbons (Fsp3) is 0.267. The summed E-state index contributed by atoms with van der Waals surface area (Å²) in [5, 5.41) is 1.38. The van der Waals surface area contributed by atoms with Crippen molar-refractivity contribution in [2.45, 2.75) is 20.8 Å². The number of aromatic nitrogens is 2. The number of hydrogen-bond donors (Lipinski definition) is 0. The van der Waals surface area contributed by atoms with Gasteiger partial charge in [0.05, 0.1) is 6.33 Å². The highest BCUT2D eigenvalue weighted by Gasteiger charge is 2.21. The number of allylic oxidation sites excluding steroid dienone is 1. The minimum absolute atomic E-state index is 0. The predicted molar refractivity (Wildman–Crippen MR) is 89.6 cm³/mol. The van der Waals surface area contributed by atoms with Crippen molar-refractivity contribution in [1.29, 1.82) is 0 Å². The van der Waals surface area contributed by atoms with Crippen LogP contribution in [0.3, 0.4) is 0 Å². The highest BCUT2D eigenvalue weighted by molar-refractivity contribution is 6.34. The molecule has 2 aromatic rings. The maximum Gasteiger partial charge on any atom is 0.0986 e. The molecule has 2 nitrogen and oxygen atoms in total. The fourth-order valence-electron chi connectivity index (χ4n) is 1.87. The molecule has 108 valence electrons. The molecular formula is C15H17Cl3N2. The van der Waals surface area contributed by atoms with E-state index in [1.54, 1.807) is 18.6 Å². The molecule has 0 aliphatic rings. The van der Waals surface area contributed by atoms with Gasteiger partial charge in [-0.3, -0.25) is 0 Å². The van der Waals surface area contributed by atoms with E-state index in [9.17, 15) is 0 Å². The average Bonchev–Trinajstić information content (AvgIpc) is 2.81. The molecule has 0 radical (unpaired) electrons. The normalized spacial score (nSPS) is 12.2. The van der Waals surface area contributed by atoms with Gasteiger partial charge in [0.25, 0.3) is 0 Å². The third-order valence-electron chi connectivity index (χ3n) is 2.83. The summed E-state index contributed by atoms with van der Waals surface area (Å²) in [4.78, 5) is 4.05. The molecule has 0 atom stereocenters. The number of nitrogens with zero attached hydrogens (tertiary/aromatic N) is 2. The Bertz CT molecular complexity index is 596. The van der Waals surface area contributed by atoms with Crippen LogP contribution in [0.4, 0.5) is 0 Å². The lowest BCUT2D eigenvalue weighted by molar-refractivity contribution is 0.568. The van der Waals surface area contributed by atoms with Gasteiger partial charge in [-0.1, -0.05) is 44.0 Å². The van der Waals surface area contributed by atoms with Gasteiger partial charge < -0.3 is 4.57 Å². The van der Waals surface area contributed by atoms with E-state index in [1.165, 1.54) is 0 Å². The van der Waals surface area contributed by atoms with Crippen LogP contribution in [0.5, 0.6) is 0 Å². The molecule has 0 N–H and O–H groups in total. The zero-order valence-electron chi connectivity index (χ0n) is 11.6. The molecule has 20 heavy (non-hydrogen) atoms. The molecule has 0 unspecified atom stereocenters. The van der Waals surface area contributed by atoms with E-state index in [0.717, 1.165) is 11.1 Å². The average molecular weight is 332 g/mol. The summed E-state index contributed by atoms with van der Waals surface area (Å²) in [5.41, 5.74) is 2.01. The Hall–Kier alpha value is -0.960. The minimum atomic E-state index is -0.0570. The first-order valence-corrected chi connectivity index (χ1v) is 6.78. The molecule has 0 aliphatic heterocycles. The van der Waals surface area contributed by atoms with Crippen LogP contribution in [0.15, 0.2) is 36.9 Å². The zero-order valence-corrected chi connectivity index (χ0v) is 13.9. The maximum atomic E-state index is 6.31. The second-order valence-corrected chi connectivity index (χ2v) is 6.27. The second kappa shape index (κ2) is 6.66. The molecule has 0 aliphatic carbocycles. The second-order valence-electron chi connectivity index (χ2n) is 5.43. The Morgan fingerprint density at radius 2 is 1.95 bits per heavy atom. The summed E-state index contributed by atoms with van der Waals surface area (Å²) < 4.78 is 1.91. The lowest BCUT2D eigenvalue weighted by atomic mass is 9.82. The van der Waals surface area contributed by atoms with Crippen molar-refractivity contribution in [2.75, 3.05) is 0 Å². The van der Waals surface area contributed by atoms with Crippen LogP contribution >= 0.6 is 35.6 Å². The van der Waals surface area contributed by atoms with Crippen molar-refractivity contribution in [3.63, 3.8) is 0 Å². The summed E-state index contributed by atoms with van der Waals surface area (Å²) >= 11 is 12.4. The summed E-state index contributed by atoms with van der Waals surface area (Å²) in [6, 6.07) is 5.52. The van der Waals surface area contributed by atoms with Crippen LogP contribution < -0.4 is 0 Å². The van der Waals surface area contributed by atoms with Gasteiger partial charge in [0, 0.05) is 28.6 Å². The van der Waals surface area contributed by atoms with Crippen molar-refractivity contribution in [1.82, 2.24) is 9.55 Å². The lowest BCUT2D eigenvalue weighted by Crippen LogP contribution is -2.09. The molecule has 0 bridgehead atoms. The van der Waals surface area contributed by atoms with Gasteiger partial charge in [0.2, 0.25) is 0 Å². The molecule has 0 saturated carbocycles. The van der Waals surface area contributed by atoms with Crippen LogP contribution in [-0.4, -0.2) is 9.55 Å². The molecule has 0 saturated heterocycles. The Morgan fingerprint density at radius 1 is 1.25 bits per heavy atom. The molecule has 0 amide bonds. The van der Waals surface area contributed by atoms with Crippen molar-refractivity contribution >= 4 is 47.4 Å². The predicted octanol–water partition coefficient (Wildman–Crippen LogP) is 5.66. The topological polar surface area (TPSA) is 17.8 Å². The van der Waals surface area contributed by atoms with Gasteiger partial charge in [-0.15, -0.1) is 12.4 Å². The monoisotopic (exact) mass is 330 g/mol. The van der Waals surface area contributed by atoms with Gasteiger partial charge in [-0.2, -0.15) is 0 Å². The standard InChI is InChI=1S/C15H16Cl2N2.ClH/c1-15(2,3)13(9-19-7-6-18-10-19)12-8-11(16)4-5-14(12)17;/h4-10H,1-3H3;1H. The molecular weight excluding hydrogens is 315 g/mol. The number of benzene rings is 1. The van der Waals surface area contributed by atoms with E-state index >= 15 is 0 Å². The Kier molecular flexibility index (Phi) is 5.69. The van der Waals surface area contributed by atoms with E-state index in [0.29, 0.717) is 10.0 Å². The molecule has 2 rings (SSSR count). The quantitative estimate of drug-likeness (QED) is 0.694. The highest BCUT2D eigenvalue weighted by atomic mass is 35.5. The first-order valence-electron chi connectivity index (χ1n) is 6.03. The molecule has 0 spiro atoms. The van der Waals surface area contributed by atoms with Gasteiger partial charge >= 0.3 is 0 Å². The number of rotatable bonds is 2. The van der Waals surface area contributed by atoms with E-state index in [2.05, 4.69) is 25.8 Å². The summed E-state index contributed by atoms with van der Waals surface area (Å²) in [6.07, 6.45) is 7.43. The highest BCUT2D eigenvalue weighted by Crippen LogP contribution is 2.39. The minimum Gasteiger partial charge on any atom is -0.313 e. The number of imidazole rings is 1. The molecule has 1 aromatic heterocycles. The Balaban J connectivity index is 0.00000200. The largest absolute Gasteiger partial charge is 0.313 e. The van der Waals surface area contributed by atoms with Gasteiger partial charge in [-0.05, 0) is 34.8 Å². The first kappa shape index (κ1) is 17.1. The van der Waals surface area contributed by atoms with Gasteiger partial charge in [0.1, 0.15) is 0 Å². The Morgan fingerprint density at radius 3 is 2.50 bits per heavy atom. The maximum absolute atomic E-state index is 6.31. The molecule has 5 heteroatoms. The van der Waals surface area contributed by atoms with Crippen LogP contribution in [-0.2, 0) is 0 Å². The summed E-state index contributed by atoms with van der Waals surface area (Å²) in [5.74, 6) is 0.